The maximum atomic E-state index is 6.19. The molecule has 0 aliphatic carbocycles. The summed E-state index contributed by atoms with van der Waals surface area (Å²) in [4.78, 5) is 1.20. The highest BCUT2D eigenvalue weighted by molar-refractivity contribution is 7.13. The van der Waals surface area contributed by atoms with Gasteiger partial charge in [-0.15, -0.1) is 11.3 Å². The number of nitrogens with one attached hydrogen (secondary N) is 1. The second kappa shape index (κ2) is 5.58. The number of rotatable bonds is 3. The fourth-order valence-electron chi connectivity index (χ4n) is 2.93. The summed E-state index contributed by atoms with van der Waals surface area (Å²) >= 11 is 7.92. The van der Waals surface area contributed by atoms with E-state index in [1.54, 1.807) is 18.4 Å². The molecule has 3 heterocycles. The molecule has 0 radical (unpaired) electrons. The molecule has 6 heteroatoms. The summed E-state index contributed by atoms with van der Waals surface area (Å²) in [5.74, 6) is 1.79. The lowest BCUT2D eigenvalue weighted by Gasteiger charge is -2.11. The van der Waals surface area contributed by atoms with Gasteiger partial charge in [-0.25, -0.2) is 4.68 Å². The van der Waals surface area contributed by atoms with Crippen LogP contribution in [-0.2, 0) is 6.42 Å². The van der Waals surface area contributed by atoms with E-state index in [-0.39, 0.29) is 0 Å². The predicted octanol–water partition coefficient (Wildman–Crippen LogP) is 4.54. The number of aromatic nitrogens is 2. The fourth-order valence-corrected chi connectivity index (χ4v) is 4.01. The maximum absolute atomic E-state index is 6.19. The van der Waals surface area contributed by atoms with Crippen LogP contribution in [0.1, 0.15) is 11.1 Å². The molecule has 0 atom stereocenters. The number of anilines is 1. The van der Waals surface area contributed by atoms with Gasteiger partial charge in [-0.05, 0) is 48.6 Å². The number of hydrogen-bond donors (Lipinski definition) is 1. The van der Waals surface area contributed by atoms with Crippen LogP contribution in [0.25, 0.3) is 16.3 Å². The van der Waals surface area contributed by atoms with Crippen molar-refractivity contribution in [3.63, 3.8) is 0 Å². The van der Waals surface area contributed by atoms with Crippen molar-refractivity contribution in [3.05, 3.63) is 45.8 Å². The second-order valence-corrected chi connectivity index (χ2v) is 6.92. The molecular weight excluding hydrogens is 330 g/mol. The highest BCUT2D eigenvalue weighted by Gasteiger charge is 2.25. The molecule has 0 saturated heterocycles. The van der Waals surface area contributed by atoms with Gasteiger partial charge in [0.1, 0.15) is 22.9 Å². The summed E-state index contributed by atoms with van der Waals surface area (Å²) in [6, 6.07) is 7.77. The molecule has 0 saturated carbocycles. The molecule has 4 rings (SSSR count). The molecule has 1 N–H and O–H groups in total. The van der Waals surface area contributed by atoms with Gasteiger partial charge in [-0.1, -0.05) is 11.6 Å². The van der Waals surface area contributed by atoms with Gasteiger partial charge in [-0.2, -0.15) is 5.10 Å². The third-order valence-corrected chi connectivity index (χ3v) is 5.27. The molecule has 3 aromatic rings. The Morgan fingerprint density at radius 1 is 1.35 bits per heavy atom. The minimum Gasteiger partial charge on any atom is -0.494 e. The van der Waals surface area contributed by atoms with Crippen LogP contribution in [0.4, 0.5) is 5.82 Å². The first-order valence-electron chi connectivity index (χ1n) is 7.42. The van der Waals surface area contributed by atoms with Gasteiger partial charge in [0.25, 0.3) is 0 Å². The largest absolute Gasteiger partial charge is 0.494 e. The normalized spacial score (nSPS) is 13.0. The third kappa shape index (κ3) is 2.40. The van der Waals surface area contributed by atoms with Crippen LogP contribution in [-0.4, -0.2) is 23.4 Å². The number of halogens is 1. The van der Waals surface area contributed by atoms with E-state index in [1.807, 2.05) is 22.9 Å². The van der Waals surface area contributed by atoms with E-state index in [0.717, 1.165) is 35.9 Å². The first-order chi connectivity index (χ1) is 11.2. The van der Waals surface area contributed by atoms with E-state index in [0.29, 0.717) is 5.02 Å². The van der Waals surface area contributed by atoms with E-state index in [4.69, 9.17) is 21.4 Å². The zero-order valence-corrected chi connectivity index (χ0v) is 14.5. The Balaban J connectivity index is 1.93. The predicted molar refractivity (Wildman–Crippen MR) is 95.4 cm³/mol. The van der Waals surface area contributed by atoms with Crippen molar-refractivity contribution in [1.29, 1.82) is 0 Å². The lowest BCUT2D eigenvalue weighted by atomic mass is 10.1. The van der Waals surface area contributed by atoms with Crippen LogP contribution >= 0.6 is 22.9 Å². The Kier molecular flexibility index (Phi) is 3.54. The Morgan fingerprint density at radius 3 is 2.96 bits per heavy atom. The van der Waals surface area contributed by atoms with Crippen molar-refractivity contribution in [2.45, 2.75) is 13.3 Å². The molecule has 23 heavy (non-hydrogen) atoms. The topological polar surface area (TPSA) is 39.1 Å². The Morgan fingerprint density at radius 2 is 2.22 bits per heavy atom. The van der Waals surface area contributed by atoms with Crippen LogP contribution in [0.3, 0.4) is 0 Å². The third-order valence-electron chi connectivity index (χ3n) is 3.98. The van der Waals surface area contributed by atoms with Gasteiger partial charge in [0.2, 0.25) is 0 Å². The van der Waals surface area contributed by atoms with Gasteiger partial charge in [0, 0.05) is 17.1 Å². The highest BCUT2D eigenvalue weighted by Crippen LogP contribution is 2.39. The smallest absolute Gasteiger partial charge is 0.144 e. The molecule has 1 aliphatic rings. The summed E-state index contributed by atoms with van der Waals surface area (Å²) in [5.41, 5.74) is 4.42. The van der Waals surface area contributed by atoms with E-state index in [9.17, 15) is 0 Å². The Labute approximate surface area is 143 Å². The first kappa shape index (κ1) is 14.6. The van der Waals surface area contributed by atoms with Crippen LogP contribution in [0.5, 0.6) is 5.75 Å². The van der Waals surface area contributed by atoms with Crippen LogP contribution in [0.2, 0.25) is 5.02 Å². The van der Waals surface area contributed by atoms with Gasteiger partial charge >= 0.3 is 0 Å². The Bertz CT molecular complexity index is 884. The average molecular weight is 346 g/mol. The van der Waals surface area contributed by atoms with Crippen LogP contribution in [0.15, 0.2) is 29.6 Å². The lowest BCUT2D eigenvalue weighted by molar-refractivity contribution is 0.412. The summed E-state index contributed by atoms with van der Waals surface area (Å²) in [6.07, 6.45) is 0.977. The van der Waals surface area contributed by atoms with Gasteiger partial charge in [-0.3, -0.25) is 0 Å². The van der Waals surface area contributed by atoms with Crippen molar-refractivity contribution < 1.29 is 4.74 Å². The number of fused-ring (bicyclic) bond motifs is 1. The molecule has 0 fully saturated rings. The SMILES string of the molecule is COc1ccc(Cl)cc1-n1nc(-c2cc(C)cs2)c2c1NCC2. The zero-order chi connectivity index (χ0) is 16.0. The van der Waals surface area contributed by atoms with E-state index < -0.39 is 0 Å². The number of aryl methyl sites for hydroxylation is 1. The molecule has 0 bridgehead atoms. The van der Waals surface area contributed by atoms with Crippen molar-refractivity contribution in [1.82, 2.24) is 9.78 Å². The van der Waals surface area contributed by atoms with E-state index in [2.05, 4.69) is 23.7 Å². The summed E-state index contributed by atoms with van der Waals surface area (Å²) in [6.45, 7) is 3.03. The molecule has 118 valence electrons. The molecule has 1 aromatic carbocycles. The van der Waals surface area contributed by atoms with Crippen molar-refractivity contribution in [2.24, 2.45) is 0 Å². The van der Waals surface area contributed by atoms with E-state index in [1.165, 1.54) is 16.0 Å². The minimum atomic E-state index is 0.663. The van der Waals surface area contributed by atoms with Gasteiger partial charge in [0.15, 0.2) is 0 Å². The van der Waals surface area contributed by atoms with E-state index >= 15 is 0 Å². The molecule has 0 unspecified atom stereocenters. The second-order valence-electron chi connectivity index (χ2n) is 5.57. The number of thiophene rings is 1. The number of hydrogen-bond acceptors (Lipinski definition) is 4. The summed E-state index contributed by atoms with van der Waals surface area (Å²) in [5, 5.41) is 11.1. The number of nitrogens with zero attached hydrogens (tertiary/aromatic N) is 2. The van der Waals surface area contributed by atoms with Crippen molar-refractivity contribution in [3.8, 4) is 22.0 Å². The first-order valence-corrected chi connectivity index (χ1v) is 8.68. The monoisotopic (exact) mass is 345 g/mol. The number of ether oxygens (including phenoxy) is 1. The van der Waals surface area contributed by atoms with Crippen LogP contribution in [0, 0.1) is 6.92 Å². The summed E-state index contributed by atoms with van der Waals surface area (Å²) < 4.78 is 7.40. The average Bonchev–Trinajstić information content (AvgIpc) is 3.23. The number of methoxy groups -OCH3 is 1. The standard InChI is InChI=1S/C17H16ClN3OS/c1-10-7-15(23-9-10)16-12-5-6-19-17(12)21(20-16)13-8-11(18)3-4-14(13)22-2/h3-4,7-9,19H,5-6H2,1-2H3. The molecule has 2 aromatic heterocycles. The Hall–Kier alpha value is -1.98. The molecule has 4 nitrogen and oxygen atoms in total. The molecule has 0 amide bonds. The maximum Gasteiger partial charge on any atom is 0.144 e. The fraction of sp³-hybridized carbons (Fsp3) is 0.235. The highest BCUT2D eigenvalue weighted by atomic mass is 35.5. The van der Waals surface area contributed by atoms with Crippen molar-refractivity contribution >= 4 is 28.8 Å². The van der Waals surface area contributed by atoms with Crippen LogP contribution < -0.4 is 10.1 Å². The number of benzene rings is 1. The van der Waals surface area contributed by atoms with Gasteiger partial charge < -0.3 is 10.1 Å². The van der Waals surface area contributed by atoms with Gasteiger partial charge in [0.05, 0.1) is 12.0 Å². The quantitative estimate of drug-likeness (QED) is 0.757. The zero-order valence-electron chi connectivity index (χ0n) is 12.9. The lowest BCUT2D eigenvalue weighted by Crippen LogP contribution is -2.05. The molecule has 1 aliphatic heterocycles. The molecule has 0 spiro atoms. The van der Waals surface area contributed by atoms with Crippen molar-refractivity contribution in [2.75, 3.05) is 19.0 Å². The summed E-state index contributed by atoms with van der Waals surface area (Å²) in [7, 11) is 1.66. The minimum absolute atomic E-state index is 0.663. The molecular formula is C17H16ClN3OS.